The van der Waals surface area contributed by atoms with Gasteiger partial charge in [0.05, 0.1) is 0 Å². The number of hydrogen-bond acceptors (Lipinski definition) is 0. The summed E-state index contributed by atoms with van der Waals surface area (Å²) in [6, 6.07) is 33.2. The molecule has 0 unspecified atom stereocenters. The van der Waals surface area contributed by atoms with Gasteiger partial charge in [0, 0.05) is 25.1 Å². The molecule has 0 aliphatic carbocycles. The lowest BCUT2D eigenvalue weighted by Gasteiger charge is -2.36. The summed E-state index contributed by atoms with van der Waals surface area (Å²) >= 11 is 0. The molecule has 0 atom stereocenters. The maximum Gasteiger partial charge on any atom is 0.0253 e. The summed E-state index contributed by atoms with van der Waals surface area (Å²) in [7, 11) is -1.49. The van der Waals surface area contributed by atoms with Crippen LogP contribution in [0.2, 0.25) is 0 Å². The third-order valence-corrected chi connectivity index (χ3v) is 9.75. The maximum absolute atomic E-state index is 5.78. The van der Waals surface area contributed by atoms with Crippen LogP contribution < -0.4 is 0 Å². The highest BCUT2D eigenvalue weighted by Gasteiger charge is 2.47. The van der Waals surface area contributed by atoms with E-state index in [2.05, 4.69) is 96.9 Å². The van der Waals surface area contributed by atoms with Crippen molar-refractivity contribution in [2.75, 3.05) is 0 Å². The lowest BCUT2D eigenvalue weighted by molar-refractivity contribution is 1.36. The van der Waals surface area contributed by atoms with Gasteiger partial charge in [-0.2, -0.15) is 0 Å². The van der Waals surface area contributed by atoms with E-state index < -0.39 is 10.0 Å². The first kappa shape index (κ1) is 14.9. The molecule has 1 heteroatoms. The Kier molecular flexibility index (Phi) is 2.85. The molecule has 0 fully saturated rings. The fourth-order valence-electron chi connectivity index (χ4n) is 4.67. The van der Waals surface area contributed by atoms with Gasteiger partial charge in [0.2, 0.25) is 0 Å². The Morgan fingerprint density at radius 2 is 0.963 bits per heavy atom. The van der Waals surface area contributed by atoms with Gasteiger partial charge in [0.25, 0.3) is 0 Å². The zero-order chi connectivity index (χ0) is 18.0. The van der Waals surface area contributed by atoms with Crippen molar-refractivity contribution in [2.24, 2.45) is 0 Å². The molecule has 6 rings (SSSR count). The molecule has 2 aliphatic rings. The van der Waals surface area contributed by atoms with Crippen molar-refractivity contribution in [3.05, 3.63) is 96.6 Å². The standard InChI is InChI=1S/C26H16S/c1-2-18-15-16-22-21-11-5-8-14-25(21)27(26(22)17-18)23-12-6-3-9-19(23)20-10-4-7-13-24(20)27/h1,3-17H. The molecule has 0 N–H and O–H groups in total. The van der Waals surface area contributed by atoms with E-state index in [-0.39, 0.29) is 0 Å². The Morgan fingerprint density at radius 3 is 1.44 bits per heavy atom. The Bertz CT molecular complexity index is 1230. The van der Waals surface area contributed by atoms with Crippen LogP contribution >= 0.6 is 10.0 Å². The molecule has 4 aromatic rings. The smallest absolute Gasteiger partial charge is 0.0253 e. The van der Waals surface area contributed by atoms with Crippen LogP contribution in [0, 0.1) is 12.3 Å². The molecular weight excluding hydrogens is 344 g/mol. The average Bonchev–Trinajstić information content (AvgIpc) is 3.21. The van der Waals surface area contributed by atoms with Crippen LogP contribution in [-0.2, 0) is 0 Å². The third kappa shape index (κ3) is 1.67. The lowest BCUT2D eigenvalue weighted by Crippen LogP contribution is -1.98. The van der Waals surface area contributed by atoms with Crippen LogP contribution in [0.5, 0.6) is 0 Å². The highest BCUT2D eigenvalue weighted by atomic mass is 32.3. The maximum atomic E-state index is 5.78. The van der Waals surface area contributed by atoms with Crippen molar-refractivity contribution in [3.8, 4) is 34.6 Å². The minimum atomic E-state index is -1.49. The highest BCUT2D eigenvalue weighted by molar-refractivity contribution is 8.34. The first-order chi connectivity index (χ1) is 13.4. The van der Waals surface area contributed by atoms with E-state index in [1.54, 1.807) is 0 Å². The molecule has 2 aliphatic heterocycles. The minimum absolute atomic E-state index is 0.954. The molecular formula is C26H16S. The SMILES string of the molecule is C#Cc1ccc2c(c1)S1(c3ccccc3-c3ccccc31)c1ccccc1-2. The van der Waals surface area contributed by atoms with Crippen molar-refractivity contribution in [2.45, 2.75) is 19.6 Å². The topological polar surface area (TPSA) is 0 Å². The molecule has 2 heterocycles. The Balaban J connectivity index is 1.87. The predicted octanol–water partition coefficient (Wildman–Crippen LogP) is 6.97. The van der Waals surface area contributed by atoms with Crippen molar-refractivity contribution >= 4 is 10.0 Å². The quantitative estimate of drug-likeness (QED) is 0.257. The van der Waals surface area contributed by atoms with Crippen molar-refractivity contribution in [3.63, 3.8) is 0 Å². The largest absolute Gasteiger partial charge is 0.130 e. The minimum Gasteiger partial charge on any atom is -0.130 e. The second-order valence-electron chi connectivity index (χ2n) is 6.96. The predicted molar refractivity (Wildman–Crippen MR) is 112 cm³/mol. The number of terminal acetylenes is 1. The summed E-state index contributed by atoms with van der Waals surface area (Å²) in [6.45, 7) is 0. The van der Waals surface area contributed by atoms with Crippen LogP contribution in [-0.4, -0.2) is 0 Å². The van der Waals surface area contributed by atoms with Crippen LogP contribution in [0.4, 0.5) is 0 Å². The summed E-state index contributed by atoms with van der Waals surface area (Å²) in [5.74, 6) is 2.85. The normalized spacial score (nSPS) is 15.4. The van der Waals surface area contributed by atoms with Gasteiger partial charge in [0.15, 0.2) is 0 Å². The Morgan fingerprint density at radius 1 is 0.519 bits per heavy atom. The fraction of sp³-hybridized carbons (Fsp3) is 0. The van der Waals surface area contributed by atoms with Crippen LogP contribution in [0.15, 0.2) is 111 Å². The molecule has 27 heavy (non-hydrogen) atoms. The molecule has 0 saturated carbocycles. The molecule has 1 spiro atoms. The van der Waals surface area contributed by atoms with Crippen molar-refractivity contribution in [1.82, 2.24) is 0 Å². The first-order valence-electron chi connectivity index (χ1n) is 9.08. The van der Waals surface area contributed by atoms with Gasteiger partial charge in [-0.3, -0.25) is 0 Å². The van der Waals surface area contributed by atoms with Gasteiger partial charge in [-0.15, -0.1) is 16.5 Å². The molecule has 126 valence electrons. The summed E-state index contributed by atoms with van der Waals surface area (Å²) in [6.07, 6.45) is 5.78. The second kappa shape index (κ2) is 5.16. The van der Waals surface area contributed by atoms with E-state index in [4.69, 9.17) is 6.42 Å². The molecule has 0 saturated heterocycles. The fourth-order valence-corrected chi connectivity index (χ4v) is 9.27. The summed E-state index contributed by atoms with van der Waals surface area (Å²) < 4.78 is 0. The van der Waals surface area contributed by atoms with Gasteiger partial charge in [-0.05, 0) is 52.6 Å². The van der Waals surface area contributed by atoms with Gasteiger partial charge in [0.1, 0.15) is 0 Å². The van der Waals surface area contributed by atoms with Crippen LogP contribution in [0.3, 0.4) is 0 Å². The van der Waals surface area contributed by atoms with Crippen molar-refractivity contribution in [1.29, 1.82) is 0 Å². The molecule has 0 amide bonds. The number of benzene rings is 4. The zero-order valence-electron chi connectivity index (χ0n) is 14.6. The van der Waals surface area contributed by atoms with E-state index in [1.165, 1.54) is 41.8 Å². The van der Waals surface area contributed by atoms with Crippen molar-refractivity contribution < 1.29 is 0 Å². The van der Waals surface area contributed by atoms with Crippen LogP contribution in [0.1, 0.15) is 5.56 Å². The average molecular weight is 360 g/mol. The van der Waals surface area contributed by atoms with Gasteiger partial charge in [-0.1, -0.05) is 66.6 Å². The summed E-state index contributed by atoms with van der Waals surface area (Å²) in [5.41, 5.74) is 6.34. The van der Waals surface area contributed by atoms with E-state index in [9.17, 15) is 0 Å². The number of hydrogen-bond donors (Lipinski definition) is 0. The van der Waals surface area contributed by atoms with E-state index in [0.29, 0.717) is 0 Å². The Hall–Kier alpha value is -3.21. The van der Waals surface area contributed by atoms with Gasteiger partial charge in [-0.25, -0.2) is 0 Å². The van der Waals surface area contributed by atoms with E-state index in [0.717, 1.165) is 5.56 Å². The zero-order valence-corrected chi connectivity index (χ0v) is 15.5. The Labute approximate surface area is 160 Å². The molecule has 0 radical (unpaired) electrons. The van der Waals surface area contributed by atoms with E-state index >= 15 is 0 Å². The van der Waals surface area contributed by atoms with Gasteiger partial charge >= 0.3 is 0 Å². The number of fused-ring (bicyclic) bond motifs is 10. The van der Waals surface area contributed by atoms with Crippen LogP contribution in [0.25, 0.3) is 22.3 Å². The summed E-state index contributed by atoms with van der Waals surface area (Å²) in [5, 5.41) is 0. The lowest BCUT2D eigenvalue weighted by atomic mass is 10.0. The monoisotopic (exact) mass is 360 g/mol. The number of rotatable bonds is 0. The molecule has 0 nitrogen and oxygen atoms in total. The second-order valence-corrected chi connectivity index (χ2v) is 9.94. The van der Waals surface area contributed by atoms with Gasteiger partial charge < -0.3 is 0 Å². The molecule has 0 aromatic heterocycles. The highest BCUT2D eigenvalue weighted by Crippen LogP contribution is 2.84. The molecule has 0 bridgehead atoms. The first-order valence-corrected chi connectivity index (χ1v) is 10.7. The molecule has 4 aromatic carbocycles. The third-order valence-electron chi connectivity index (χ3n) is 5.71. The summed E-state index contributed by atoms with van der Waals surface area (Å²) in [4.78, 5) is 5.70. The van der Waals surface area contributed by atoms with E-state index in [1.807, 2.05) is 0 Å².